The molecule has 2 heterocycles. The SMILES string of the molecule is NC(=O)CSc1ccccc1NC(=O)C1CCN(S(=O)(=O)c2cccnc2)CC1. The van der Waals surface area contributed by atoms with Gasteiger partial charge in [0.05, 0.1) is 11.4 Å². The molecule has 0 saturated carbocycles. The quantitative estimate of drug-likeness (QED) is 0.640. The van der Waals surface area contributed by atoms with Gasteiger partial charge in [0.1, 0.15) is 4.90 Å². The molecule has 0 atom stereocenters. The minimum atomic E-state index is -3.60. The van der Waals surface area contributed by atoms with Gasteiger partial charge in [0, 0.05) is 36.3 Å². The summed E-state index contributed by atoms with van der Waals surface area (Å²) in [5, 5.41) is 2.90. The topological polar surface area (TPSA) is 122 Å². The maximum absolute atomic E-state index is 12.7. The molecule has 1 aliphatic rings. The van der Waals surface area contributed by atoms with Gasteiger partial charge >= 0.3 is 0 Å². The third kappa shape index (κ3) is 5.34. The second-order valence-corrected chi connectivity index (χ2v) is 9.56. The van der Waals surface area contributed by atoms with Crippen LogP contribution < -0.4 is 11.1 Å². The number of thioether (sulfide) groups is 1. The average molecular weight is 435 g/mol. The number of anilines is 1. The highest BCUT2D eigenvalue weighted by atomic mass is 32.2. The first kappa shape index (κ1) is 21.3. The molecule has 2 aromatic rings. The number of hydrogen-bond acceptors (Lipinski definition) is 6. The third-order valence-corrected chi connectivity index (χ3v) is 7.59. The van der Waals surface area contributed by atoms with E-state index in [1.54, 1.807) is 18.2 Å². The van der Waals surface area contributed by atoms with Crippen LogP contribution in [0.15, 0.2) is 58.6 Å². The van der Waals surface area contributed by atoms with Crippen molar-refractivity contribution in [2.45, 2.75) is 22.6 Å². The van der Waals surface area contributed by atoms with Gasteiger partial charge in [0.15, 0.2) is 0 Å². The minimum Gasteiger partial charge on any atom is -0.369 e. The smallest absolute Gasteiger partial charge is 0.244 e. The van der Waals surface area contributed by atoms with Crippen molar-refractivity contribution in [3.63, 3.8) is 0 Å². The molecule has 1 saturated heterocycles. The molecule has 0 unspecified atom stereocenters. The van der Waals surface area contributed by atoms with Gasteiger partial charge in [-0.05, 0) is 37.1 Å². The highest BCUT2D eigenvalue weighted by Gasteiger charge is 2.32. The van der Waals surface area contributed by atoms with E-state index in [0.29, 0.717) is 18.5 Å². The summed E-state index contributed by atoms with van der Waals surface area (Å²) >= 11 is 1.26. The Morgan fingerprint density at radius 1 is 1.17 bits per heavy atom. The summed E-state index contributed by atoms with van der Waals surface area (Å²) in [6, 6.07) is 10.3. The van der Waals surface area contributed by atoms with E-state index in [1.165, 1.54) is 34.5 Å². The number of piperidine rings is 1. The van der Waals surface area contributed by atoms with Crippen molar-refractivity contribution in [1.29, 1.82) is 0 Å². The zero-order valence-electron chi connectivity index (χ0n) is 15.7. The van der Waals surface area contributed by atoms with E-state index in [2.05, 4.69) is 10.3 Å². The standard InChI is InChI=1S/C19H22N4O4S2/c20-18(24)13-28-17-6-2-1-5-16(17)22-19(25)14-7-10-23(11-8-14)29(26,27)15-4-3-9-21-12-15/h1-6,9,12,14H,7-8,10-11,13H2,(H2,20,24)(H,22,25). The maximum atomic E-state index is 12.7. The van der Waals surface area contributed by atoms with Crippen LogP contribution in [0, 0.1) is 5.92 Å². The number of amides is 2. The van der Waals surface area contributed by atoms with Crippen LogP contribution in [0.4, 0.5) is 5.69 Å². The molecule has 1 aliphatic heterocycles. The number of sulfonamides is 1. The number of nitrogens with two attached hydrogens (primary N) is 1. The van der Waals surface area contributed by atoms with Gasteiger partial charge in [-0.25, -0.2) is 8.42 Å². The average Bonchev–Trinajstić information content (AvgIpc) is 2.73. The van der Waals surface area contributed by atoms with Gasteiger partial charge in [-0.3, -0.25) is 14.6 Å². The number of primary amides is 1. The number of pyridine rings is 1. The largest absolute Gasteiger partial charge is 0.369 e. The number of para-hydroxylation sites is 1. The number of nitrogens with one attached hydrogen (secondary N) is 1. The van der Waals surface area contributed by atoms with Crippen molar-refractivity contribution in [3.05, 3.63) is 48.8 Å². The van der Waals surface area contributed by atoms with Gasteiger partial charge in [0.25, 0.3) is 0 Å². The molecule has 1 aromatic heterocycles. The zero-order valence-corrected chi connectivity index (χ0v) is 17.3. The van der Waals surface area contributed by atoms with Gasteiger partial charge in [-0.1, -0.05) is 12.1 Å². The first-order chi connectivity index (χ1) is 13.9. The lowest BCUT2D eigenvalue weighted by molar-refractivity contribution is -0.121. The van der Waals surface area contributed by atoms with Crippen molar-refractivity contribution in [2.75, 3.05) is 24.2 Å². The number of carbonyl (C=O) groups is 2. The molecule has 2 amide bonds. The molecular weight excluding hydrogens is 412 g/mol. The molecule has 3 rings (SSSR count). The van der Waals surface area contributed by atoms with Crippen LogP contribution in [0.2, 0.25) is 0 Å². The Hall–Kier alpha value is -2.43. The van der Waals surface area contributed by atoms with Crippen LogP contribution in [0.25, 0.3) is 0 Å². The van der Waals surface area contributed by atoms with Crippen LogP contribution in [0.3, 0.4) is 0 Å². The highest BCUT2D eigenvalue weighted by Crippen LogP contribution is 2.29. The Bertz CT molecular complexity index is 975. The van der Waals surface area contributed by atoms with E-state index in [4.69, 9.17) is 5.73 Å². The van der Waals surface area contributed by atoms with Gasteiger partial charge in [-0.2, -0.15) is 4.31 Å². The fourth-order valence-corrected chi connectivity index (χ4v) is 5.27. The predicted octanol–water partition coefficient (Wildman–Crippen LogP) is 1.70. The lowest BCUT2D eigenvalue weighted by Gasteiger charge is -2.30. The van der Waals surface area contributed by atoms with Crippen LogP contribution in [0.5, 0.6) is 0 Å². The van der Waals surface area contributed by atoms with Gasteiger partial charge in [-0.15, -0.1) is 11.8 Å². The highest BCUT2D eigenvalue weighted by molar-refractivity contribution is 8.00. The third-order valence-electron chi connectivity index (χ3n) is 4.61. The zero-order chi connectivity index (χ0) is 20.9. The van der Waals surface area contributed by atoms with E-state index in [1.807, 2.05) is 12.1 Å². The second-order valence-electron chi connectivity index (χ2n) is 6.61. The summed E-state index contributed by atoms with van der Waals surface area (Å²) in [6.45, 7) is 0.542. The van der Waals surface area contributed by atoms with Crippen LogP contribution in [-0.4, -0.2) is 48.4 Å². The number of aromatic nitrogens is 1. The van der Waals surface area contributed by atoms with E-state index < -0.39 is 15.9 Å². The Kier molecular flexibility index (Phi) is 6.88. The molecule has 29 heavy (non-hydrogen) atoms. The first-order valence-electron chi connectivity index (χ1n) is 9.09. The summed E-state index contributed by atoms with van der Waals surface area (Å²) in [4.78, 5) is 28.5. The lowest BCUT2D eigenvalue weighted by Crippen LogP contribution is -2.41. The van der Waals surface area contributed by atoms with Crippen molar-refractivity contribution >= 4 is 39.3 Å². The lowest BCUT2D eigenvalue weighted by atomic mass is 9.97. The van der Waals surface area contributed by atoms with Crippen LogP contribution in [0.1, 0.15) is 12.8 Å². The van der Waals surface area contributed by atoms with E-state index in [9.17, 15) is 18.0 Å². The second kappa shape index (κ2) is 9.38. The fraction of sp³-hybridized carbons (Fsp3) is 0.316. The molecule has 10 heteroatoms. The molecule has 154 valence electrons. The number of carbonyl (C=O) groups excluding carboxylic acids is 2. The summed E-state index contributed by atoms with van der Waals surface area (Å²) in [5.41, 5.74) is 5.81. The van der Waals surface area contributed by atoms with Crippen molar-refractivity contribution in [3.8, 4) is 0 Å². The number of benzene rings is 1. The van der Waals surface area contributed by atoms with E-state index in [-0.39, 0.29) is 35.6 Å². The normalized spacial score (nSPS) is 15.7. The minimum absolute atomic E-state index is 0.122. The summed E-state index contributed by atoms with van der Waals surface area (Å²) in [7, 11) is -3.60. The first-order valence-corrected chi connectivity index (χ1v) is 11.5. The molecular formula is C19H22N4O4S2. The van der Waals surface area contributed by atoms with Crippen LogP contribution >= 0.6 is 11.8 Å². The number of rotatable bonds is 7. The molecule has 0 aliphatic carbocycles. The Balaban J connectivity index is 1.61. The monoisotopic (exact) mass is 434 g/mol. The Morgan fingerprint density at radius 3 is 2.55 bits per heavy atom. The van der Waals surface area contributed by atoms with Gasteiger partial charge < -0.3 is 11.1 Å². The van der Waals surface area contributed by atoms with Gasteiger partial charge in [0.2, 0.25) is 21.8 Å². The van der Waals surface area contributed by atoms with E-state index >= 15 is 0 Å². The molecule has 0 radical (unpaired) electrons. The molecule has 1 aromatic carbocycles. The Labute approximate surface area is 173 Å². The predicted molar refractivity (Wildman–Crippen MR) is 111 cm³/mol. The van der Waals surface area contributed by atoms with Crippen LogP contribution in [-0.2, 0) is 19.6 Å². The molecule has 8 nitrogen and oxygen atoms in total. The van der Waals surface area contributed by atoms with Crippen molar-refractivity contribution in [2.24, 2.45) is 11.7 Å². The summed E-state index contributed by atoms with van der Waals surface area (Å²) < 4.78 is 26.7. The summed E-state index contributed by atoms with van der Waals surface area (Å²) in [6.07, 6.45) is 3.72. The van der Waals surface area contributed by atoms with E-state index in [0.717, 1.165) is 4.90 Å². The Morgan fingerprint density at radius 2 is 1.90 bits per heavy atom. The molecule has 0 bridgehead atoms. The molecule has 1 fully saturated rings. The summed E-state index contributed by atoms with van der Waals surface area (Å²) in [5.74, 6) is -0.754. The number of hydrogen-bond donors (Lipinski definition) is 2. The molecule has 3 N–H and O–H groups in total. The number of nitrogens with zero attached hydrogens (tertiary/aromatic N) is 2. The maximum Gasteiger partial charge on any atom is 0.244 e. The van der Waals surface area contributed by atoms with Crippen molar-refractivity contribution < 1.29 is 18.0 Å². The fourth-order valence-electron chi connectivity index (χ4n) is 3.09. The van der Waals surface area contributed by atoms with Crippen molar-refractivity contribution in [1.82, 2.24) is 9.29 Å². The molecule has 0 spiro atoms.